The van der Waals surface area contributed by atoms with E-state index in [0.717, 1.165) is 32.1 Å². The number of carbonyl (C=O) groups is 2. The van der Waals surface area contributed by atoms with Crippen LogP contribution in [0.15, 0.2) is 24.3 Å². The zero-order valence-electron chi connectivity index (χ0n) is 23.5. The number of alkyl carbamates (subject to hydrolysis) is 1. The molecule has 0 aromatic heterocycles. The van der Waals surface area contributed by atoms with E-state index in [2.05, 4.69) is 17.6 Å². The van der Waals surface area contributed by atoms with Gasteiger partial charge in [-0.15, -0.1) is 0 Å². The zero-order chi connectivity index (χ0) is 26.5. The standard InChI is InChI=1S/C30H52N2O4/c1-5-6-7-8-9-10-11-12-15-20-25-35-27-22-17-16-21-26(27)28(33)31-23-18-13-14-19-24-32-29(34)36-30(2,3)4/h16-17,21-22H,5-15,18-20,23-25H2,1-4H3,(H,31,33)(H,32,34). The van der Waals surface area contributed by atoms with Crippen LogP contribution in [0.3, 0.4) is 0 Å². The highest BCUT2D eigenvalue weighted by atomic mass is 16.6. The Balaban J connectivity index is 2.12. The van der Waals surface area contributed by atoms with E-state index in [0.29, 0.717) is 31.0 Å². The summed E-state index contributed by atoms with van der Waals surface area (Å²) in [6.07, 6.45) is 16.3. The van der Waals surface area contributed by atoms with Crippen LogP contribution in [-0.4, -0.2) is 37.3 Å². The van der Waals surface area contributed by atoms with Gasteiger partial charge in [-0.2, -0.15) is 0 Å². The van der Waals surface area contributed by atoms with Crippen LogP contribution in [0.25, 0.3) is 0 Å². The number of carbonyl (C=O) groups excluding carboxylic acids is 2. The van der Waals surface area contributed by atoms with Crippen molar-refractivity contribution in [3.63, 3.8) is 0 Å². The molecule has 206 valence electrons. The van der Waals surface area contributed by atoms with E-state index in [-0.39, 0.29) is 12.0 Å². The second kappa shape index (κ2) is 19.9. The lowest BCUT2D eigenvalue weighted by molar-refractivity contribution is 0.0526. The van der Waals surface area contributed by atoms with E-state index in [9.17, 15) is 9.59 Å². The number of hydrogen-bond acceptors (Lipinski definition) is 4. The number of amides is 2. The van der Waals surface area contributed by atoms with Crippen molar-refractivity contribution in [3.8, 4) is 5.75 Å². The first kappa shape index (κ1) is 31.8. The highest BCUT2D eigenvalue weighted by molar-refractivity contribution is 5.96. The van der Waals surface area contributed by atoms with Gasteiger partial charge in [0.2, 0.25) is 0 Å². The molecule has 6 heteroatoms. The summed E-state index contributed by atoms with van der Waals surface area (Å²) < 4.78 is 11.2. The SMILES string of the molecule is CCCCCCCCCCCCOc1ccccc1C(=O)NCCCCCCNC(=O)OC(C)(C)C. The summed E-state index contributed by atoms with van der Waals surface area (Å²) in [5.41, 5.74) is 0.130. The van der Waals surface area contributed by atoms with Crippen LogP contribution in [0.2, 0.25) is 0 Å². The van der Waals surface area contributed by atoms with Gasteiger partial charge in [0.05, 0.1) is 12.2 Å². The van der Waals surface area contributed by atoms with Crippen LogP contribution in [0.1, 0.15) is 128 Å². The molecule has 0 heterocycles. The fraction of sp³-hybridized carbons (Fsp3) is 0.733. The first-order valence-electron chi connectivity index (χ1n) is 14.3. The maximum atomic E-state index is 12.6. The van der Waals surface area contributed by atoms with E-state index < -0.39 is 5.60 Å². The lowest BCUT2D eigenvalue weighted by atomic mass is 10.1. The molecule has 0 saturated heterocycles. The molecule has 2 amide bonds. The van der Waals surface area contributed by atoms with Crippen molar-refractivity contribution in [2.45, 2.75) is 123 Å². The quantitative estimate of drug-likeness (QED) is 0.178. The van der Waals surface area contributed by atoms with E-state index in [1.807, 2.05) is 45.0 Å². The van der Waals surface area contributed by atoms with Crippen molar-refractivity contribution in [2.24, 2.45) is 0 Å². The fourth-order valence-corrected chi connectivity index (χ4v) is 3.96. The summed E-state index contributed by atoms with van der Waals surface area (Å²) >= 11 is 0. The van der Waals surface area contributed by atoms with Gasteiger partial charge in [0.15, 0.2) is 0 Å². The average Bonchev–Trinajstić information content (AvgIpc) is 2.83. The lowest BCUT2D eigenvalue weighted by Gasteiger charge is -2.19. The number of unbranched alkanes of at least 4 members (excludes halogenated alkanes) is 12. The van der Waals surface area contributed by atoms with Crippen molar-refractivity contribution < 1.29 is 19.1 Å². The first-order valence-corrected chi connectivity index (χ1v) is 14.3. The number of benzene rings is 1. The molecule has 0 spiro atoms. The second-order valence-electron chi connectivity index (χ2n) is 10.6. The van der Waals surface area contributed by atoms with Gasteiger partial charge in [-0.25, -0.2) is 4.79 Å². The molecule has 6 nitrogen and oxygen atoms in total. The van der Waals surface area contributed by atoms with E-state index in [1.54, 1.807) is 0 Å². The number of ether oxygens (including phenoxy) is 2. The summed E-state index contributed by atoms with van der Waals surface area (Å²) in [7, 11) is 0. The van der Waals surface area contributed by atoms with Crippen molar-refractivity contribution in [1.29, 1.82) is 0 Å². The Bertz CT molecular complexity index is 715. The Morgan fingerprint density at radius 1 is 0.722 bits per heavy atom. The second-order valence-corrected chi connectivity index (χ2v) is 10.6. The molecule has 0 bridgehead atoms. The third kappa shape index (κ3) is 17.2. The van der Waals surface area contributed by atoms with Crippen LogP contribution < -0.4 is 15.4 Å². The molecular weight excluding hydrogens is 452 g/mol. The highest BCUT2D eigenvalue weighted by Crippen LogP contribution is 2.19. The molecule has 0 aliphatic heterocycles. The summed E-state index contributed by atoms with van der Waals surface area (Å²) in [6, 6.07) is 7.49. The van der Waals surface area contributed by atoms with Crippen molar-refractivity contribution >= 4 is 12.0 Å². The van der Waals surface area contributed by atoms with Crippen LogP contribution in [-0.2, 0) is 4.74 Å². The summed E-state index contributed by atoms with van der Waals surface area (Å²) in [5, 5.41) is 5.78. The summed E-state index contributed by atoms with van der Waals surface area (Å²) in [4.78, 5) is 24.3. The maximum Gasteiger partial charge on any atom is 0.407 e. The van der Waals surface area contributed by atoms with Crippen molar-refractivity contribution in [2.75, 3.05) is 19.7 Å². The predicted octanol–water partition coefficient (Wildman–Crippen LogP) is 7.80. The molecule has 1 aromatic rings. The maximum absolute atomic E-state index is 12.6. The zero-order valence-corrected chi connectivity index (χ0v) is 23.5. The molecule has 0 aliphatic carbocycles. The largest absolute Gasteiger partial charge is 0.493 e. The van der Waals surface area contributed by atoms with Gasteiger partial charge in [0, 0.05) is 13.1 Å². The van der Waals surface area contributed by atoms with Crippen LogP contribution in [0.5, 0.6) is 5.75 Å². The third-order valence-corrected chi connectivity index (χ3v) is 5.94. The number of nitrogens with one attached hydrogen (secondary N) is 2. The number of para-hydroxylation sites is 1. The normalized spacial score (nSPS) is 11.2. The molecule has 0 unspecified atom stereocenters. The lowest BCUT2D eigenvalue weighted by Crippen LogP contribution is -2.33. The predicted molar refractivity (Wildman–Crippen MR) is 149 cm³/mol. The number of rotatable bonds is 20. The summed E-state index contributed by atoms with van der Waals surface area (Å²) in [5.74, 6) is 0.583. The molecule has 0 radical (unpaired) electrons. The van der Waals surface area contributed by atoms with E-state index >= 15 is 0 Å². The van der Waals surface area contributed by atoms with Gasteiger partial charge in [0.25, 0.3) is 5.91 Å². The Morgan fingerprint density at radius 2 is 1.25 bits per heavy atom. The van der Waals surface area contributed by atoms with Crippen LogP contribution >= 0.6 is 0 Å². The van der Waals surface area contributed by atoms with Crippen molar-refractivity contribution in [1.82, 2.24) is 10.6 Å². The summed E-state index contributed by atoms with van der Waals surface area (Å²) in [6.45, 7) is 9.69. The van der Waals surface area contributed by atoms with E-state index in [1.165, 1.54) is 57.8 Å². The number of hydrogen-bond donors (Lipinski definition) is 2. The van der Waals surface area contributed by atoms with Crippen molar-refractivity contribution in [3.05, 3.63) is 29.8 Å². The molecule has 1 aromatic carbocycles. The van der Waals surface area contributed by atoms with Crippen LogP contribution in [0, 0.1) is 0 Å². The Morgan fingerprint density at radius 3 is 1.86 bits per heavy atom. The van der Waals surface area contributed by atoms with Gasteiger partial charge in [-0.05, 0) is 52.2 Å². The Labute approximate surface area is 220 Å². The minimum atomic E-state index is -0.473. The molecule has 0 aliphatic rings. The molecule has 1 rings (SSSR count). The smallest absolute Gasteiger partial charge is 0.407 e. The fourth-order valence-electron chi connectivity index (χ4n) is 3.96. The topological polar surface area (TPSA) is 76.7 Å². The molecule has 0 atom stereocenters. The van der Waals surface area contributed by atoms with Gasteiger partial charge >= 0.3 is 6.09 Å². The highest BCUT2D eigenvalue weighted by Gasteiger charge is 2.15. The van der Waals surface area contributed by atoms with Crippen LogP contribution in [0.4, 0.5) is 4.79 Å². The van der Waals surface area contributed by atoms with Gasteiger partial charge in [-0.1, -0.05) is 89.7 Å². The van der Waals surface area contributed by atoms with Gasteiger partial charge in [-0.3, -0.25) is 4.79 Å². The monoisotopic (exact) mass is 504 g/mol. The van der Waals surface area contributed by atoms with Gasteiger partial charge < -0.3 is 20.1 Å². The molecule has 0 fully saturated rings. The molecule has 2 N–H and O–H groups in total. The molecular formula is C30H52N2O4. The molecule has 36 heavy (non-hydrogen) atoms. The minimum absolute atomic E-state index is 0.0831. The van der Waals surface area contributed by atoms with E-state index in [4.69, 9.17) is 9.47 Å². The van der Waals surface area contributed by atoms with Gasteiger partial charge in [0.1, 0.15) is 11.4 Å². The average molecular weight is 505 g/mol. The minimum Gasteiger partial charge on any atom is -0.493 e. The first-order chi connectivity index (χ1) is 17.3. The molecule has 0 saturated carbocycles. The third-order valence-electron chi connectivity index (χ3n) is 5.94. The Kier molecular flexibility index (Phi) is 17.6. The Hall–Kier alpha value is -2.24.